The Bertz CT molecular complexity index is 1200. The Morgan fingerprint density at radius 2 is 1.94 bits per heavy atom. The van der Waals surface area contributed by atoms with Crippen molar-refractivity contribution in [2.75, 3.05) is 36.6 Å². The highest BCUT2D eigenvalue weighted by Crippen LogP contribution is 2.30. The van der Waals surface area contributed by atoms with E-state index in [0.29, 0.717) is 23.1 Å². The molecule has 1 atom stereocenters. The molecule has 0 bridgehead atoms. The number of halogens is 2. The summed E-state index contributed by atoms with van der Waals surface area (Å²) in [7, 11) is -2.26. The van der Waals surface area contributed by atoms with Crippen molar-refractivity contribution in [3.8, 4) is 11.6 Å². The smallest absolute Gasteiger partial charge is 0.248 e. The van der Waals surface area contributed by atoms with Crippen LogP contribution in [0.3, 0.4) is 0 Å². The van der Waals surface area contributed by atoms with Crippen LogP contribution in [0.5, 0.6) is 5.75 Å². The van der Waals surface area contributed by atoms with Gasteiger partial charge in [0.05, 0.1) is 12.0 Å². The van der Waals surface area contributed by atoms with Gasteiger partial charge in [-0.3, -0.25) is 0 Å². The molecule has 13 nitrogen and oxygen atoms in total. The number of sulfonamides is 1. The Morgan fingerprint density at radius 3 is 2.56 bits per heavy atom. The molecule has 16 heteroatoms. The monoisotopic (exact) mass is 532 g/mol. The third-order valence-corrected chi connectivity index (χ3v) is 5.83. The van der Waals surface area contributed by atoms with Gasteiger partial charge in [-0.05, 0) is 43.7 Å². The zero-order valence-electron chi connectivity index (χ0n) is 18.1. The van der Waals surface area contributed by atoms with Crippen LogP contribution in [0.15, 0.2) is 35.5 Å². The second-order valence-corrected chi connectivity index (χ2v) is 8.73. The molecule has 0 amide bonds. The molecule has 0 aliphatic carbocycles. The van der Waals surface area contributed by atoms with E-state index in [1.54, 1.807) is 12.1 Å². The first-order chi connectivity index (χ1) is 15.3. The Labute approximate surface area is 209 Å². The van der Waals surface area contributed by atoms with Gasteiger partial charge in [0.2, 0.25) is 33.5 Å². The van der Waals surface area contributed by atoms with E-state index in [1.807, 2.05) is 0 Å². The average Bonchev–Trinajstić information content (AvgIpc) is 3.13. The van der Waals surface area contributed by atoms with Crippen LogP contribution in [-0.4, -0.2) is 59.4 Å². The van der Waals surface area contributed by atoms with E-state index in [4.69, 9.17) is 15.6 Å². The second kappa shape index (κ2) is 11.5. The van der Waals surface area contributed by atoms with E-state index in [-0.39, 0.29) is 47.6 Å². The second-order valence-electron chi connectivity index (χ2n) is 7.17. The molecule has 186 valence electrons. The fraction of sp³-hybridized carbons (Fsp3) is 0.333. The van der Waals surface area contributed by atoms with E-state index >= 15 is 0 Å². The SMILES string of the molecule is COc1c(NC2CCCNC2)ncnc1-n1nc(Nc2ccc(S(N)(=O)=O)cc2)nc1N.Cl.Cl. The summed E-state index contributed by atoms with van der Waals surface area (Å²) in [5.74, 6) is 1.53. The van der Waals surface area contributed by atoms with Crippen molar-refractivity contribution < 1.29 is 13.2 Å². The first kappa shape index (κ1) is 27.3. The number of hydrogen-bond acceptors (Lipinski definition) is 11. The average molecular weight is 533 g/mol. The number of nitrogen functional groups attached to an aromatic ring is 1. The number of primary sulfonamides is 1. The lowest BCUT2D eigenvalue weighted by Gasteiger charge is -2.25. The first-order valence-electron chi connectivity index (χ1n) is 9.84. The van der Waals surface area contributed by atoms with Crippen LogP contribution >= 0.6 is 24.8 Å². The fourth-order valence-electron chi connectivity index (χ4n) is 3.36. The number of nitrogens with zero attached hydrogens (tertiary/aromatic N) is 5. The Hall–Kier alpha value is -2.91. The normalized spacial score (nSPS) is 15.5. The highest BCUT2D eigenvalue weighted by molar-refractivity contribution is 7.89. The first-order valence-corrected chi connectivity index (χ1v) is 11.4. The van der Waals surface area contributed by atoms with Crippen LogP contribution in [0.4, 0.5) is 23.4 Å². The molecule has 0 spiro atoms. The lowest BCUT2D eigenvalue weighted by Crippen LogP contribution is -2.38. The summed E-state index contributed by atoms with van der Waals surface area (Å²) in [5.41, 5.74) is 6.63. The van der Waals surface area contributed by atoms with E-state index < -0.39 is 10.0 Å². The maximum Gasteiger partial charge on any atom is 0.248 e. The van der Waals surface area contributed by atoms with Gasteiger partial charge in [-0.2, -0.15) is 9.67 Å². The highest BCUT2D eigenvalue weighted by atomic mass is 35.5. The molecule has 0 radical (unpaired) electrons. The number of methoxy groups -OCH3 is 1. The lowest BCUT2D eigenvalue weighted by molar-refractivity contribution is 0.406. The van der Waals surface area contributed by atoms with Gasteiger partial charge >= 0.3 is 0 Å². The number of nitrogens with one attached hydrogen (secondary N) is 3. The molecular weight excluding hydrogens is 507 g/mol. The maximum atomic E-state index is 11.4. The van der Waals surface area contributed by atoms with Crippen LogP contribution < -0.4 is 31.6 Å². The van der Waals surface area contributed by atoms with Gasteiger partial charge < -0.3 is 26.4 Å². The summed E-state index contributed by atoms with van der Waals surface area (Å²) in [6, 6.07) is 6.06. The standard InChI is InChI=1S/C18H24N10O3S.2ClH/c1-31-14-15(24-12-3-2-8-21-9-12)22-10-23-16(14)28-17(19)26-18(27-28)25-11-4-6-13(7-5-11)32(20,29)30;;/h4-7,10,12,21H,2-3,8-9H2,1H3,(H2,20,29,30)(H,22,23,24)(H3,19,25,26,27);2*1H. The molecule has 1 aromatic carbocycles. The summed E-state index contributed by atoms with van der Waals surface area (Å²) in [6.07, 6.45) is 3.48. The summed E-state index contributed by atoms with van der Waals surface area (Å²) >= 11 is 0. The van der Waals surface area contributed by atoms with Gasteiger partial charge in [-0.1, -0.05) is 0 Å². The third kappa shape index (κ3) is 6.15. The molecule has 4 rings (SSSR count). The number of aromatic nitrogens is 5. The third-order valence-electron chi connectivity index (χ3n) is 4.90. The molecule has 1 aliphatic rings. The minimum absolute atomic E-state index is 0. The van der Waals surface area contributed by atoms with E-state index in [1.165, 1.54) is 30.3 Å². The van der Waals surface area contributed by atoms with Crippen LogP contribution in [0, 0.1) is 0 Å². The molecule has 3 heterocycles. The molecule has 1 saturated heterocycles. The largest absolute Gasteiger partial charge is 0.490 e. The molecule has 2 aromatic heterocycles. The van der Waals surface area contributed by atoms with Crippen molar-refractivity contribution in [2.45, 2.75) is 23.8 Å². The fourth-order valence-corrected chi connectivity index (χ4v) is 3.88. The van der Waals surface area contributed by atoms with Crippen molar-refractivity contribution >= 4 is 58.2 Å². The predicted molar refractivity (Wildman–Crippen MR) is 133 cm³/mol. The molecule has 1 fully saturated rings. The van der Waals surface area contributed by atoms with Gasteiger partial charge in [-0.15, -0.1) is 29.9 Å². The summed E-state index contributed by atoms with van der Waals surface area (Å²) < 4.78 is 29.7. The number of benzene rings is 1. The molecule has 34 heavy (non-hydrogen) atoms. The number of nitrogens with two attached hydrogens (primary N) is 2. The van der Waals surface area contributed by atoms with Crippen molar-refractivity contribution in [3.63, 3.8) is 0 Å². The topological polar surface area (TPSA) is 188 Å². The Kier molecular flexibility index (Phi) is 9.23. The Balaban J connectivity index is 0.00000204. The van der Waals surface area contributed by atoms with Crippen molar-refractivity contribution in [1.82, 2.24) is 30.0 Å². The molecule has 1 unspecified atom stereocenters. The van der Waals surface area contributed by atoms with Crippen molar-refractivity contribution in [2.24, 2.45) is 5.14 Å². The van der Waals surface area contributed by atoms with Gasteiger partial charge in [-0.25, -0.2) is 23.5 Å². The van der Waals surface area contributed by atoms with Crippen molar-refractivity contribution in [1.29, 1.82) is 0 Å². The number of ether oxygens (including phenoxy) is 1. The lowest BCUT2D eigenvalue weighted by atomic mass is 10.1. The van der Waals surface area contributed by atoms with Gasteiger partial charge in [0.25, 0.3) is 0 Å². The van der Waals surface area contributed by atoms with E-state index in [9.17, 15) is 8.42 Å². The minimum atomic E-state index is -3.77. The Morgan fingerprint density at radius 1 is 1.21 bits per heavy atom. The molecule has 0 saturated carbocycles. The molecule has 1 aliphatic heterocycles. The van der Waals surface area contributed by atoms with Crippen LogP contribution in [0.25, 0.3) is 5.82 Å². The highest BCUT2D eigenvalue weighted by Gasteiger charge is 2.21. The maximum absolute atomic E-state index is 11.4. The number of rotatable bonds is 7. The number of piperidine rings is 1. The van der Waals surface area contributed by atoms with E-state index in [2.05, 4.69) is 36.0 Å². The van der Waals surface area contributed by atoms with Crippen LogP contribution in [0.2, 0.25) is 0 Å². The molecule has 7 N–H and O–H groups in total. The van der Waals surface area contributed by atoms with Crippen molar-refractivity contribution in [3.05, 3.63) is 30.6 Å². The summed E-state index contributed by atoms with van der Waals surface area (Å²) in [4.78, 5) is 12.8. The number of hydrogen-bond donors (Lipinski definition) is 5. The van der Waals surface area contributed by atoms with E-state index in [0.717, 1.165) is 25.9 Å². The van der Waals surface area contributed by atoms with Gasteiger partial charge in [0.15, 0.2) is 5.82 Å². The quantitative estimate of drug-likeness (QED) is 0.292. The molecular formula is C18H26Cl2N10O3S. The minimum Gasteiger partial charge on any atom is -0.490 e. The van der Waals surface area contributed by atoms with Crippen LogP contribution in [0.1, 0.15) is 12.8 Å². The summed E-state index contributed by atoms with van der Waals surface area (Å²) in [5, 5.41) is 19.2. The zero-order chi connectivity index (χ0) is 22.7. The zero-order valence-corrected chi connectivity index (χ0v) is 20.6. The predicted octanol–water partition coefficient (Wildman–Crippen LogP) is 1.05. The molecule has 3 aromatic rings. The number of anilines is 4. The summed E-state index contributed by atoms with van der Waals surface area (Å²) in [6.45, 7) is 1.83. The van der Waals surface area contributed by atoms with Gasteiger partial charge in [0.1, 0.15) is 6.33 Å². The van der Waals surface area contributed by atoms with Gasteiger partial charge in [0, 0.05) is 18.3 Å². The van der Waals surface area contributed by atoms with Crippen LogP contribution in [-0.2, 0) is 10.0 Å².